The summed E-state index contributed by atoms with van der Waals surface area (Å²) in [6, 6.07) is 9.81. The second kappa shape index (κ2) is 7.81. The number of hydrogen-bond donors (Lipinski definition) is 2. The van der Waals surface area contributed by atoms with Crippen LogP contribution in [0.4, 0.5) is 5.82 Å². The maximum absolute atomic E-state index is 12.1. The molecule has 1 aliphatic rings. The Morgan fingerprint density at radius 3 is 2.88 bits per heavy atom. The Balaban J connectivity index is 1.53. The number of nitrogens with one attached hydrogen (secondary N) is 2. The number of benzene rings is 1. The highest BCUT2D eigenvalue weighted by Crippen LogP contribution is 2.27. The molecule has 1 aromatic carbocycles. The summed E-state index contributed by atoms with van der Waals surface area (Å²) in [7, 11) is 0. The minimum atomic E-state index is -0.00162. The van der Waals surface area contributed by atoms with Crippen LogP contribution in [0.15, 0.2) is 30.3 Å². The van der Waals surface area contributed by atoms with Gasteiger partial charge in [-0.15, -0.1) is 0 Å². The number of aromatic nitrogens is 2. The van der Waals surface area contributed by atoms with Crippen molar-refractivity contribution in [2.45, 2.75) is 38.6 Å². The molecule has 2 N–H and O–H groups in total. The molecule has 0 bridgehead atoms. The highest BCUT2D eigenvalue weighted by atomic mass is 35.5. The van der Waals surface area contributed by atoms with Crippen LogP contribution >= 0.6 is 11.6 Å². The van der Waals surface area contributed by atoms with E-state index in [2.05, 4.69) is 27.3 Å². The average molecular weight is 347 g/mol. The molecule has 24 heavy (non-hydrogen) atoms. The average Bonchev–Trinajstić information content (AvgIpc) is 3.25. The van der Waals surface area contributed by atoms with Gasteiger partial charge in [-0.3, -0.25) is 9.89 Å². The first-order chi connectivity index (χ1) is 11.6. The molecule has 0 saturated carbocycles. The molecule has 0 aliphatic carbocycles. The summed E-state index contributed by atoms with van der Waals surface area (Å²) in [6.07, 6.45) is 3.92. The summed E-state index contributed by atoms with van der Waals surface area (Å²) < 4.78 is 0. The molecule has 128 valence electrons. The van der Waals surface area contributed by atoms with Crippen molar-refractivity contribution in [3.05, 3.63) is 35.4 Å². The molecule has 1 saturated heterocycles. The van der Waals surface area contributed by atoms with E-state index in [-0.39, 0.29) is 5.91 Å². The van der Waals surface area contributed by atoms with E-state index in [0.717, 1.165) is 30.8 Å². The molecule has 1 atom stereocenters. The smallest absolute Gasteiger partial charge is 0.225 e. The van der Waals surface area contributed by atoms with Gasteiger partial charge < -0.3 is 10.2 Å². The fraction of sp³-hybridized carbons (Fsp3) is 0.444. The highest BCUT2D eigenvalue weighted by Gasteiger charge is 2.19. The third-order valence-corrected chi connectivity index (χ3v) is 4.89. The van der Waals surface area contributed by atoms with Crippen molar-refractivity contribution in [1.82, 2.24) is 15.1 Å². The maximum atomic E-state index is 12.1. The van der Waals surface area contributed by atoms with Crippen molar-refractivity contribution < 1.29 is 4.79 Å². The van der Waals surface area contributed by atoms with E-state index in [4.69, 9.17) is 11.6 Å². The van der Waals surface area contributed by atoms with Crippen LogP contribution in [0, 0.1) is 0 Å². The van der Waals surface area contributed by atoms with E-state index in [1.165, 1.54) is 12.8 Å². The van der Waals surface area contributed by atoms with Gasteiger partial charge >= 0.3 is 0 Å². The zero-order valence-electron chi connectivity index (χ0n) is 13.9. The molecule has 2 heterocycles. The third kappa shape index (κ3) is 4.16. The Hall–Kier alpha value is -1.85. The number of carbonyl (C=O) groups excluding carboxylic acids is 1. The van der Waals surface area contributed by atoms with E-state index in [1.54, 1.807) is 0 Å². The molecule has 0 radical (unpaired) electrons. The van der Waals surface area contributed by atoms with Crippen LogP contribution in [0.2, 0.25) is 5.02 Å². The molecule has 5 nitrogen and oxygen atoms in total. The lowest BCUT2D eigenvalue weighted by Crippen LogP contribution is -2.31. The van der Waals surface area contributed by atoms with Gasteiger partial charge in [-0.1, -0.05) is 29.8 Å². The fourth-order valence-corrected chi connectivity index (χ4v) is 3.35. The Morgan fingerprint density at radius 1 is 1.38 bits per heavy atom. The van der Waals surface area contributed by atoms with Crippen LogP contribution in [0.5, 0.6) is 0 Å². The maximum Gasteiger partial charge on any atom is 0.225 e. The predicted molar refractivity (Wildman–Crippen MR) is 97.2 cm³/mol. The highest BCUT2D eigenvalue weighted by molar-refractivity contribution is 6.33. The quantitative estimate of drug-likeness (QED) is 0.833. The van der Waals surface area contributed by atoms with Gasteiger partial charge in [0.2, 0.25) is 5.91 Å². The van der Waals surface area contributed by atoms with E-state index < -0.39 is 0 Å². The van der Waals surface area contributed by atoms with Crippen LogP contribution in [0.1, 0.15) is 32.6 Å². The van der Waals surface area contributed by atoms with Crippen LogP contribution in [-0.2, 0) is 4.79 Å². The van der Waals surface area contributed by atoms with E-state index >= 15 is 0 Å². The molecule has 3 rings (SSSR count). The number of amides is 1. The molecule has 1 unspecified atom stereocenters. The van der Waals surface area contributed by atoms with Gasteiger partial charge in [-0.25, -0.2) is 0 Å². The normalized spacial score (nSPS) is 16.2. The first kappa shape index (κ1) is 17.0. The van der Waals surface area contributed by atoms with Crippen molar-refractivity contribution in [3.8, 4) is 11.3 Å². The van der Waals surface area contributed by atoms with Crippen molar-refractivity contribution in [3.63, 3.8) is 0 Å². The number of nitrogens with zero attached hydrogens (tertiary/aromatic N) is 2. The molecule has 1 fully saturated rings. The van der Waals surface area contributed by atoms with Gasteiger partial charge in [-0.05, 0) is 45.3 Å². The first-order valence-corrected chi connectivity index (χ1v) is 8.85. The lowest BCUT2D eigenvalue weighted by atomic mass is 10.1. The summed E-state index contributed by atoms with van der Waals surface area (Å²) in [6.45, 7) is 4.51. The van der Waals surface area contributed by atoms with E-state index in [0.29, 0.717) is 23.3 Å². The SMILES string of the molecule is CC(CCC(=O)Nc1cc(-c2ccccc2Cl)[nH]n1)N1CCCC1. The number of anilines is 1. The van der Waals surface area contributed by atoms with Crippen LogP contribution in [0.3, 0.4) is 0 Å². The third-order valence-electron chi connectivity index (χ3n) is 4.56. The summed E-state index contributed by atoms with van der Waals surface area (Å²) >= 11 is 6.18. The molecule has 1 aliphatic heterocycles. The largest absolute Gasteiger partial charge is 0.309 e. The summed E-state index contributed by atoms with van der Waals surface area (Å²) in [5.74, 6) is 0.530. The van der Waals surface area contributed by atoms with Gasteiger partial charge in [-0.2, -0.15) is 5.10 Å². The first-order valence-electron chi connectivity index (χ1n) is 8.47. The molecular formula is C18H23ClN4O. The topological polar surface area (TPSA) is 61.0 Å². The van der Waals surface area contributed by atoms with Crippen molar-refractivity contribution in [1.29, 1.82) is 0 Å². The van der Waals surface area contributed by atoms with Gasteiger partial charge in [0.1, 0.15) is 0 Å². The molecule has 0 spiro atoms. The molecular weight excluding hydrogens is 324 g/mol. The van der Waals surface area contributed by atoms with Crippen molar-refractivity contribution in [2.24, 2.45) is 0 Å². The van der Waals surface area contributed by atoms with Crippen molar-refractivity contribution in [2.75, 3.05) is 18.4 Å². The number of aromatic amines is 1. The van der Waals surface area contributed by atoms with Gasteiger partial charge in [0.15, 0.2) is 5.82 Å². The number of rotatable bonds is 6. The fourth-order valence-electron chi connectivity index (χ4n) is 3.11. The predicted octanol–water partition coefficient (Wildman–Crippen LogP) is 3.93. The Kier molecular flexibility index (Phi) is 5.53. The lowest BCUT2D eigenvalue weighted by Gasteiger charge is -2.23. The van der Waals surface area contributed by atoms with Crippen LogP contribution in [-0.4, -0.2) is 40.1 Å². The standard InChI is InChI=1S/C18H23ClN4O/c1-13(23-10-4-5-11-23)8-9-18(24)20-17-12-16(21-22-17)14-6-2-3-7-15(14)19/h2-3,6-7,12-13H,4-5,8-11H2,1H3,(H2,20,21,22,24). The Labute approximate surface area is 147 Å². The van der Waals surface area contributed by atoms with Crippen LogP contribution in [0.25, 0.3) is 11.3 Å². The Bertz CT molecular complexity index is 694. The zero-order chi connectivity index (χ0) is 16.9. The Morgan fingerprint density at radius 2 is 2.12 bits per heavy atom. The van der Waals surface area contributed by atoms with E-state index in [9.17, 15) is 4.79 Å². The molecule has 6 heteroatoms. The van der Waals surface area contributed by atoms with Crippen molar-refractivity contribution >= 4 is 23.3 Å². The number of halogens is 1. The van der Waals surface area contributed by atoms with Crippen LogP contribution < -0.4 is 5.32 Å². The molecule has 1 amide bonds. The number of carbonyl (C=O) groups is 1. The lowest BCUT2D eigenvalue weighted by molar-refractivity contribution is -0.116. The summed E-state index contributed by atoms with van der Waals surface area (Å²) in [4.78, 5) is 14.6. The van der Waals surface area contributed by atoms with E-state index in [1.807, 2.05) is 30.3 Å². The second-order valence-corrected chi connectivity index (χ2v) is 6.73. The number of likely N-dealkylation sites (tertiary alicyclic amines) is 1. The minimum Gasteiger partial charge on any atom is -0.309 e. The summed E-state index contributed by atoms with van der Waals surface area (Å²) in [5, 5.41) is 10.6. The molecule has 1 aromatic heterocycles. The number of hydrogen-bond acceptors (Lipinski definition) is 3. The van der Waals surface area contributed by atoms with Gasteiger partial charge in [0.05, 0.1) is 5.69 Å². The summed E-state index contributed by atoms with van der Waals surface area (Å²) in [5.41, 5.74) is 1.66. The zero-order valence-corrected chi connectivity index (χ0v) is 14.6. The van der Waals surface area contributed by atoms with Gasteiger partial charge in [0, 0.05) is 29.1 Å². The minimum absolute atomic E-state index is 0.00162. The second-order valence-electron chi connectivity index (χ2n) is 6.33. The number of H-pyrrole nitrogens is 1. The monoisotopic (exact) mass is 346 g/mol. The van der Waals surface area contributed by atoms with Gasteiger partial charge in [0.25, 0.3) is 0 Å². The molecule has 2 aromatic rings.